The summed E-state index contributed by atoms with van der Waals surface area (Å²) in [6, 6.07) is 12.9. The van der Waals surface area contributed by atoms with Crippen LogP contribution in [0.5, 0.6) is 0 Å². The van der Waals surface area contributed by atoms with Crippen molar-refractivity contribution in [3.8, 4) is 0 Å². The van der Waals surface area contributed by atoms with E-state index in [2.05, 4.69) is 0 Å². The molecule has 2 aromatic carbocycles. The van der Waals surface area contributed by atoms with Crippen LogP contribution in [-0.4, -0.2) is 35.2 Å². The van der Waals surface area contributed by atoms with Crippen LogP contribution < -0.4 is 4.90 Å². The lowest BCUT2D eigenvalue weighted by Gasteiger charge is -2.22. The number of hydrogen-bond acceptors (Lipinski definition) is 3. The van der Waals surface area contributed by atoms with E-state index in [1.54, 1.807) is 12.1 Å². The second-order valence-electron chi connectivity index (χ2n) is 4.14. The van der Waals surface area contributed by atoms with Gasteiger partial charge in [-0.05, 0) is 11.5 Å². The first kappa shape index (κ1) is 12.9. The number of aliphatic carboxylic acids is 2. The maximum atomic E-state index is 10.9. The minimum Gasteiger partial charge on any atom is -0.480 e. The standard InChI is InChI=1S/C14H13NO4/c16-13(17)8-15(9-14(18)19)12-7-3-5-10-4-1-2-6-11(10)12/h1-7H,8-9H2,(H,16,17)(H,18,19). The average molecular weight is 259 g/mol. The Morgan fingerprint density at radius 2 is 1.47 bits per heavy atom. The third-order valence-electron chi connectivity index (χ3n) is 2.76. The van der Waals surface area contributed by atoms with Crippen molar-refractivity contribution in [2.75, 3.05) is 18.0 Å². The Bertz CT molecular complexity index is 602. The van der Waals surface area contributed by atoms with Gasteiger partial charge in [-0.1, -0.05) is 36.4 Å². The Morgan fingerprint density at radius 1 is 0.895 bits per heavy atom. The molecule has 5 heteroatoms. The summed E-state index contributed by atoms with van der Waals surface area (Å²) in [4.78, 5) is 23.1. The van der Waals surface area contributed by atoms with E-state index in [9.17, 15) is 9.59 Å². The fraction of sp³-hybridized carbons (Fsp3) is 0.143. The largest absolute Gasteiger partial charge is 0.480 e. The van der Waals surface area contributed by atoms with Gasteiger partial charge in [-0.15, -0.1) is 0 Å². The molecule has 0 heterocycles. The predicted octanol–water partition coefficient (Wildman–Crippen LogP) is 1.82. The molecule has 98 valence electrons. The molecule has 0 radical (unpaired) electrons. The van der Waals surface area contributed by atoms with Crippen LogP contribution in [0.15, 0.2) is 42.5 Å². The van der Waals surface area contributed by atoms with Crippen molar-refractivity contribution >= 4 is 28.4 Å². The lowest BCUT2D eigenvalue weighted by molar-refractivity contribution is -0.136. The molecule has 19 heavy (non-hydrogen) atoms. The summed E-state index contributed by atoms with van der Waals surface area (Å²) in [5.41, 5.74) is 0.614. The summed E-state index contributed by atoms with van der Waals surface area (Å²) < 4.78 is 0. The minimum absolute atomic E-state index is 0.347. The third kappa shape index (κ3) is 3.01. The van der Waals surface area contributed by atoms with Gasteiger partial charge >= 0.3 is 11.9 Å². The molecule has 2 N–H and O–H groups in total. The maximum absolute atomic E-state index is 10.9. The summed E-state index contributed by atoms with van der Waals surface area (Å²) in [5.74, 6) is -2.12. The van der Waals surface area contributed by atoms with Crippen LogP contribution in [-0.2, 0) is 9.59 Å². The van der Waals surface area contributed by atoms with Crippen LogP contribution in [0.4, 0.5) is 5.69 Å². The molecule has 5 nitrogen and oxygen atoms in total. The van der Waals surface area contributed by atoms with Crippen molar-refractivity contribution in [2.45, 2.75) is 0 Å². The predicted molar refractivity (Wildman–Crippen MR) is 71.4 cm³/mol. The number of benzene rings is 2. The highest BCUT2D eigenvalue weighted by molar-refractivity contribution is 5.96. The first-order valence-corrected chi connectivity index (χ1v) is 5.74. The monoisotopic (exact) mass is 259 g/mol. The van der Waals surface area contributed by atoms with E-state index in [1.165, 1.54) is 4.90 Å². The molecule has 0 spiro atoms. The van der Waals surface area contributed by atoms with Crippen molar-refractivity contribution in [2.24, 2.45) is 0 Å². The van der Waals surface area contributed by atoms with Crippen LogP contribution in [0, 0.1) is 0 Å². The Kier molecular flexibility index (Phi) is 3.66. The van der Waals surface area contributed by atoms with Crippen molar-refractivity contribution in [3.63, 3.8) is 0 Å². The van der Waals surface area contributed by atoms with Gasteiger partial charge in [0.15, 0.2) is 0 Å². The van der Waals surface area contributed by atoms with Gasteiger partial charge in [0.2, 0.25) is 0 Å². The van der Waals surface area contributed by atoms with Crippen molar-refractivity contribution in [3.05, 3.63) is 42.5 Å². The summed E-state index contributed by atoms with van der Waals surface area (Å²) in [5, 5.41) is 19.6. The number of rotatable bonds is 5. The first-order chi connectivity index (χ1) is 9.08. The highest BCUT2D eigenvalue weighted by atomic mass is 16.4. The summed E-state index contributed by atoms with van der Waals surface area (Å²) in [7, 11) is 0. The minimum atomic E-state index is -1.06. The van der Waals surface area contributed by atoms with Crippen molar-refractivity contribution in [1.29, 1.82) is 0 Å². The van der Waals surface area contributed by atoms with Gasteiger partial charge in [0, 0.05) is 11.1 Å². The number of carboxylic acids is 2. The fourth-order valence-corrected chi connectivity index (χ4v) is 2.04. The quantitative estimate of drug-likeness (QED) is 0.856. The zero-order valence-corrected chi connectivity index (χ0v) is 10.1. The normalized spacial score (nSPS) is 10.3. The molecular formula is C14H13NO4. The molecule has 0 amide bonds. The van der Waals surface area contributed by atoms with Gasteiger partial charge in [-0.25, -0.2) is 0 Å². The number of fused-ring (bicyclic) bond motifs is 1. The molecule has 0 unspecified atom stereocenters. The Hall–Kier alpha value is -2.56. The molecule has 0 atom stereocenters. The van der Waals surface area contributed by atoms with Crippen molar-refractivity contribution in [1.82, 2.24) is 0 Å². The van der Waals surface area contributed by atoms with E-state index >= 15 is 0 Å². The molecule has 0 aliphatic rings. The average Bonchev–Trinajstić information content (AvgIpc) is 2.36. The zero-order chi connectivity index (χ0) is 13.8. The highest BCUT2D eigenvalue weighted by Gasteiger charge is 2.16. The van der Waals surface area contributed by atoms with E-state index in [1.807, 2.05) is 30.3 Å². The second-order valence-corrected chi connectivity index (χ2v) is 4.14. The van der Waals surface area contributed by atoms with E-state index in [0.717, 1.165) is 10.8 Å². The molecule has 0 aliphatic carbocycles. The summed E-state index contributed by atoms with van der Waals surface area (Å²) >= 11 is 0. The lowest BCUT2D eigenvalue weighted by atomic mass is 10.1. The molecule has 0 fully saturated rings. The Morgan fingerprint density at radius 3 is 2.11 bits per heavy atom. The molecule has 2 rings (SSSR count). The molecular weight excluding hydrogens is 246 g/mol. The van der Waals surface area contributed by atoms with Gasteiger partial charge in [0.1, 0.15) is 13.1 Å². The number of hydrogen-bond donors (Lipinski definition) is 2. The molecule has 0 bridgehead atoms. The van der Waals surface area contributed by atoms with E-state index in [0.29, 0.717) is 5.69 Å². The molecule has 0 saturated carbocycles. The van der Waals surface area contributed by atoms with Gasteiger partial charge < -0.3 is 15.1 Å². The Balaban J connectivity index is 2.48. The Labute approximate surface area is 109 Å². The molecule has 0 aromatic heterocycles. The van der Waals surface area contributed by atoms with Crippen LogP contribution in [0.1, 0.15) is 0 Å². The first-order valence-electron chi connectivity index (χ1n) is 5.74. The highest BCUT2D eigenvalue weighted by Crippen LogP contribution is 2.26. The van der Waals surface area contributed by atoms with Crippen LogP contribution in [0.2, 0.25) is 0 Å². The summed E-state index contributed by atoms with van der Waals surface area (Å²) in [6.07, 6.45) is 0. The van der Waals surface area contributed by atoms with Gasteiger partial charge in [-0.2, -0.15) is 0 Å². The second kappa shape index (κ2) is 5.39. The van der Waals surface area contributed by atoms with Gasteiger partial charge in [-0.3, -0.25) is 9.59 Å². The molecule has 0 aliphatic heterocycles. The van der Waals surface area contributed by atoms with Crippen LogP contribution in [0.3, 0.4) is 0 Å². The smallest absolute Gasteiger partial charge is 0.323 e. The number of anilines is 1. The van der Waals surface area contributed by atoms with Gasteiger partial charge in [0.05, 0.1) is 0 Å². The SMILES string of the molecule is O=C(O)CN(CC(=O)O)c1cccc2ccccc12. The van der Waals surface area contributed by atoms with Gasteiger partial charge in [0.25, 0.3) is 0 Å². The molecule has 0 saturated heterocycles. The van der Waals surface area contributed by atoms with Crippen molar-refractivity contribution < 1.29 is 19.8 Å². The number of nitrogens with zero attached hydrogens (tertiary/aromatic N) is 1. The summed E-state index contributed by atoms with van der Waals surface area (Å²) in [6.45, 7) is -0.694. The number of carboxylic acid groups (broad SMARTS) is 2. The van der Waals surface area contributed by atoms with Crippen LogP contribution in [0.25, 0.3) is 10.8 Å². The third-order valence-corrected chi connectivity index (χ3v) is 2.76. The zero-order valence-electron chi connectivity index (χ0n) is 10.1. The topological polar surface area (TPSA) is 77.8 Å². The lowest BCUT2D eigenvalue weighted by Crippen LogP contribution is -2.34. The van der Waals surface area contributed by atoms with E-state index in [4.69, 9.17) is 10.2 Å². The molecule has 2 aromatic rings. The van der Waals surface area contributed by atoms with Crippen LogP contribution >= 0.6 is 0 Å². The number of carbonyl (C=O) groups is 2. The maximum Gasteiger partial charge on any atom is 0.323 e. The fourth-order valence-electron chi connectivity index (χ4n) is 2.04. The van der Waals surface area contributed by atoms with E-state index < -0.39 is 11.9 Å². The van der Waals surface area contributed by atoms with E-state index in [-0.39, 0.29) is 13.1 Å².